The molecule has 2 aromatic heterocycles. The highest BCUT2D eigenvalue weighted by Gasteiger charge is 2.32. The van der Waals surface area contributed by atoms with Crippen LogP contribution in [0.5, 0.6) is 5.75 Å². The van der Waals surface area contributed by atoms with E-state index < -0.39 is 6.36 Å². The number of H-pyrrole nitrogens is 1. The number of rotatable bonds is 4. The zero-order chi connectivity index (χ0) is 19.7. The van der Waals surface area contributed by atoms with Crippen molar-refractivity contribution in [3.63, 3.8) is 0 Å². The van der Waals surface area contributed by atoms with E-state index in [0.717, 1.165) is 5.56 Å². The van der Waals surface area contributed by atoms with Crippen LogP contribution in [0.3, 0.4) is 0 Å². The van der Waals surface area contributed by atoms with E-state index in [4.69, 9.17) is 16.0 Å². The van der Waals surface area contributed by atoms with Crippen molar-refractivity contribution in [2.24, 2.45) is 0 Å². The summed E-state index contributed by atoms with van der Waals surface area (Å²) >= 11 is 6.19. The van der Waals surface area contributed by atoms with Gasteiger partial charge in [-0.15, -0.1) is 13.2 Å². The third-order valence-corrected chi connectivity index (χ3v) is 4.27. The van der Waals surface area contributed by atoms with E-state index in [1.807, 2.05) is 18.2 Å². The van der Waals surface area contributed by atoms with Crippen molar-refractivity contribution in [1.82, 2.24) is 9.97 Å². The fraction of sp³-hybridized carbons (Fsp3) is 0.0500. The minimum atomic E-state index is -4.80. The third-order valence-electron chi connectivity index (χ3n) is 3.95. The average Bonchev–Trinajstić information content (AvgIpc) is 3.31. The Morgan fingerprint density at radius 3 is 2.32 bits per heavy atom. The summed E-state index contributed by atoms with van der Waals surface area (Å²) in [6.07, 6.45) is -3.12. The Morgan fingerprint density at radius 2 is 1.57 bits per heavy atom. The molecule has 0 aliphatic rings. The van der Waals surface area contributed by atoms with Crippen molar-refractivity contribution in [2.45, 2.75) is 6.36 Å². The molecule has 8 heteroatoms. The molecule has 0 unspecified atom stereocenters. The summed E-state index contributed by atoms with van der Waals surface area (Å²) in [7, 11) is 0. The lowest BCUT2D eigenvalue weighted by Crippen LogP contribution is -2.17. The number of nitrogens with zero attached hydrogens (tertiary/aromatic N) is 1. The average molecular weight is 405 g/mol. The topological polar surface area (TPSA) is 51.0 Å². The lowest BCUT2D eigenvalue weighted by Gasteiger charge is -2.11. The molecule has 4 nitrogen and oxygen atoms in total. The number of ether oxygens (including phenoxy) is 1. The van der Waals surface area contributed by atoms with E-state index in [-0.39, 0.29) is 17.1 Å². The molecule has 0 spiro atoms. The number of benzene rings is 2. The van der Waals surface area contributed by atoms with Gasteiger partial charge in [-0.1, -0.05) is 41.9 Å². The highest BCUT2D eigenvalue weighted by atomic mass is 35.5. The molecule has 0 fully saturated rings. The van der Waals surface area contributed by atoms with Crippen molar-refractivity contribution in [2.75, 3.05) is 0 Å². The van der Waals surface area contributed by atoms with Gasteiger partial charge in [0.15, 0.2) is 11.6 Å². The van der Waals surface area contributed by atoms with Crippen LogP contribution in [0.25, 0.3) is 34.2 Å². The van der Waals surface area contributed by atoms with Gasteiger partial charge in [-0.3, -0.25) is 0 Å². The maximum absolute atomic E-state index is 12.6. The summed E-state index contributed by atoms with van der Waals surface area (Å²) in [5, 5.41) is 0.555. The van der Waals surface area contributed by atoms with Crippen LogP contribution in [0.1, 0.15) is 0 Å². The highest BCUT2D eigenvalue weighted by molar-refractivity contribution is 6.33. The second-order valence-corrected chi connectivity index (χ2v) is 6.23. The Kier molecular flexibility index (Phi) is 4.60. The SMILES string of the molecule is FC(F)(F)Oc1ccccc1-c1ccc(-c2nc(-c3ccccc3Cl)c[nH]2)o1. The van der Waals surface area contributed by atoms with Gasteiger partial charge in [0.1, 0.15) is 11.5 Å². The normalized spacial score (nSPS) is 11.6. The molecule has 2 heterocycles. The predicted octanol–water partition coefficient (Wildman–Crippen LogP) is 6.56. The van der Waals surface area contributed by atoms with Gasteiger partial charge < -0.3 is 14.1 Å². The molecule has 0 aliphatic carbocycles. The molecular weight excluding hydrogens is 393 g/mol. The van der Waals surface area contributed by atoms with E-state index in [0.29, 0.717) is 22.3 Å². The molecule has 0 atom stereocenters. The number of hydrogen-bond acceptors (Lipinski definition) is 3. The number of para-hydroxylation sites is 1. The Balaban J connectivity index is 1.66. The Hall–Kier alpha value is -3.19. The number of hydrogen-bond donors (Lipinski definition) is 1. The van der Waals surface area contributed by atoms with Gasteiger partial charge in [0.05, 0.1) is 16.3 Å². The van der Waals surface area contributed by atoms with Gasteiger partial charge in [-0.2, -0.15) is 0 Å². The van der Waals surface area contributed by atoms with E-state index in [1.54, 1.807) is 30.5 Å². The van der Waals surface area contributed by atoms with E-state index in [2.05, 4.69) is 14.7 Å². The van der Waals surface area contributed by atoms with Crippen molar-refractivity contribution < 1.29 is 22.3 Å². The molecule has 28 heavy (non-hydrogen) atoms. The van der Waals surface area contributed by atoms with Crippen LogP contribution in [-0.2, 0) is 0 Å². The van der Waals surface area contributed by atoms with Gasteiger partial charge in [0.2, 0.25) is 0 Å². The lowest BCUT2D eigenvalue weighted by molar-refractivity contribution is -0.274. The molecule has 0 saturated carbocycles. The number of furan rings is 1. The molecule has 2 aromatic carbocycles. The zero-order valence-electron chi connectivity index (χ0n) is 14.1. The number of alkyl halides is 3. The van der Waals surface area contributed by atoms with Crippen molar-refractivity contribution in [3.05, 3.63) is 71.9 Å². The summed E-state index contributed by atoms with van der Waals surface area (Å²) in [4.78, 5) is 7.45. The largest absolute Gasteiger partial charge is 0.573 e. The lowest BCUT2D eigenvalue weighted by atomic mass is 10.1. The molecule has 0 saturated heterocycles. The standard InChI is InChI=1S/C20H12ClF3N2O2/c21-14-7-3-1-5-12(14)15-11-25-19(26-15)18-10-9-16(27-18)13-6-2-4-8-17(13)28-20(22,23)24/h1-11H,(H,25,26). The summed E-state index contributed by atoms with van der Waals surface area (Å²) in [6.45, 7) is 0. The molecule has 0 bridgehead atoms. The molecule has 4 rings (SSSR count). The first-order valence-corrected chi connectivity index (χ1v) is 8.54. The van der Waals surface area contributed by atoms with Gasteiger partial charge in [0, 0.05) is 11.8 Å². The number of aromatic amines is 1. The van der Waals surface area contributed by atoms with E-state index in [1.165, 1.54) is 18.2 Å². The summed E-state index contributed by atoms with van der Waals surface area (Å²) in [6, 6.07) is 16.2. The highest BCUT2D eigenvalue weighted by Crippen LogP contribution is 2.36. The van der Waals surface area contributed by atoms with Crippen molar-refractivity contribution >= 4 is 11.6 Å². The number of nitrogens with one attached hydrogen (secondary N) is 1. The minimum Gasteiger partial charge on any atom is -0.453 e. The number of aromatic nitrogens is 2. The summed E-state index contributed by atoms with van der Waals surface area (Å²) in [5.74, 6) is 0.683. The second-order valence-electron chi connectivity index (χ2n) is 5.82. The fourth-order valence-electron chi connectivity index (χ4n) is 2.75. The van der Waals surface area contributed by atoms with Crippen LogP contribution < -0.4 is 4.74 Å². The van der Waals surface area contributed by atoms with Crippen LogP contribution in [0.4, 0.5) is 13.2 Å². The Labute approximate surface area is 162 Å². The number of halogens is 4. The Morgan fingerprint density at radius 1 is 0.893 bits per heavy atom. The maximum atomic E-state index is 12.6. The molecule has 4 aromatic rings. The van der Waals surface area contributed by atoms with Crippen molar-refractivity contribution in [1.29, 1.82) is 0 Å². The predicted molar refractivity (Wildman–Crippen MR) is 98.9 cm³/mol. The molecular formula is C20H12ClF3N2O2. The fourth-order valence-corrected chi connectivity index (χ4v) is 2.98. The zero-order valence-corrected chi connectivity index (χ0v) is 14.9. The molecule has 0 radical (unpaired) electrons. The van der Waals surface area contributed by atoms with Crippen LogP contribution >= 0.6 is 11.6 Å². The maximum Gasteiger partial charge on any atom is 0.573 e. The van der Waals surface area contributed by atoms with Gasteiger partial charge in [-0.05, 0) is 30.3 Å². The first-order chi connectivity index (χ1) is 13.4. The number of imidazole rings is 1. The van der Waals surface area contributed by atoms with Gasteiger partial charge in [-0.25, -0.2) is 4.98 Å². The minimum absolute atomic E-state index is 0.184. The monoisotopic (exact) mass is 404 g/mol. The van der Waals surface area contributed by atoms with Crippen LogP contribution in [0, 0.1) is 0 Å². The van der Waals surface area contributed by atoms with Crippen LogP contribution in [-0.4, -0.2) is 16.3 Å². The quantitative estimate of drug-likeness (QED) is 0.419. The van der Waals surface area contributed by atoms with Gasteiger partial charge >= 0.3 is 6.36 Å². The smallest absolute Gasteiger partial charge is 0.453 e. The third kappa shape index (κ3) is 3.75. The van der Waals surface area contributed by atoms with Gasteiger partial charge in [0.25, 0.3) is 0 Å². The summed E-state index contributed by atoms with van der Waals surface area (Å²) in [5.41, 5.74) is 1.56. The van der Waals surface area contributed by atoms with Crippen LogP contribution in [0.2, 0.25) is 5.02 Å². The van der Waals surface area contributed by atoms with E-state index in [9.17, 15) is 13.2 Å². The molecule has 142 valence electrons. The Bertz CT molecular complexity index is 1120. The van der Waals surface area contributed by atoms with Crippen molar-refractivity contribution in [3.8, 4) is 39.9 Å². The molecule has 0 aliphatic heterocycles. The first kappa shape index (κ1) is 18.2. The first-order valence-electron chi connectivity index (χ1n) is 8.16. The van der Waals surface area contributed by atoms with E-state index >= 15 is 0 Å². The second kappa shape index (κ2) is 7.09. The van der Waals surface area contributed by atoms with Crippen LogP contribution in [0.15, 0.2) is 71.3 Å². The summed E-state index contributed by atoms with van der Waals surface area (Å²) < 4.78 is 47.7. The molecule has 0 amide bonds. The molecule has 1 N–H and O–H groups in total.